The van der Waals surface area contributed by atoms with Crippen molar-refractivity contribution in [2.24, 2.45) is 5.73 Å². The summed E-state index contributed by atoms with van der Waals surface area (Å²) in [7, 11) is 0. The highest BCUT2D eigenvalue weighted by Gasteiger charge is 2.45. The Balaban J connectivity index is 1.61. The van der Waals surface area contributed by atoms with E-state index in [9.17, 15) is 65.1 Å². The summed E-state index contributed by atoms with van der Waals surface area (Å²) in [6, 6.07) is -2.71. The van der Waals surface area contributed by atoms with Crippen LogP contribution in [0.15, 0.2) is 0 Å². The summed E-state index contributed by atoms with van der Waals surface area (Å²) < 4.78 is 21.3. The molecule has 0 aromatic rings. The van der Waals surface area contributed by atoms with Gasteiger partial charge in [0.1, 0.15) is 54.9 Å². The number of rotatable bonds is 23. The molecule has 2 rings (SSSR count). The van der Waals surface area contributed by atoms with Crippen LogP contribution in [0.1, 0.15) is 51.4 Å². The molecule has 12 atom stereocenters. The van der Waals surface area contributed by atoms with E-state index >= 15 is 0 Å². The number of carboxylic acids is 1. The number of nitrogens with one attached hydrogen (secondary N) is 3. The van der Waals surface area contributed by atoms with Crippen molar-refractivity contribution in [2.45, 2.75) is 125 Å². The van der Waals surface area contributed by atoms with Gasteiger partial charge in [0, 0.05) is 26.3 Å². The Labute approximate surface area is 294 Å². The third-order valence-electron chi connectivity index (χ3n) is 8.27. The first kappa shape index (κ1) is 44.5. The first-order chi connectivity index (χ1) is 24.2. The Morgan fingerprint density at radius 3 is 1.51 bits per heavy atom. The van der Waals surface area contributed by atoms with E-state index in [2.05, 4.69) is 16.0 Å². The summed E-state index contributed by atoms with van der Waals surface area (Å²) in [6.07, 6.45) is -12.1. The fraction of sp³-hybridized carbons (Fsp3) is 0.867. The number of aliphatic hydroxyl groups excluding tert-OH is 8. The molecule has 21 heteroatoms. The number of ether oxygens (including phenoxy) is 4. The van der Waals surface area contributed by atoms with E-state index < -0.39 is 123 Å². The Morgan fingerprint density at radius 1 is 0.627 bits per heavy atom. The molecule has 0 aromatic carbocycles. The molecular formula is C30H54N4O17. The standard InChI is InChI=1S/C30H54N4O17/c31-15(27(46)32-7-3-1-5-9-48-29-25(44)23(42)21(40)17(13-35)50-29)11-19(37)34-16(12-20(38)39)28(47)33-8-4-2-6-10-49-30-26(45)24(43)22(41)18(14-36)51-30/h15-18,21-26,29-30,35-36,40-45H,1-14,31H2,(H,32,46)(H,33,47)(H,34,37)(H,38,39)/t15-,16-,17+,18+,21+,22-,23-,24-,25+,26+,29+,30+/m0/s1. The highest BCUT2D eigenvalue weighted by atomic mass is 16.7. The number of hydrogen-bond donors (Lipinski definition) is 13. The van der Waals surface area contributed by atoms with E-state index in [1.807, 2.05) is 0 Å². The summed E-state index contributed by atoms with van der Waals surface area (Å²) in [5.74, 6) is -3.55. The zero-order chi connectivity index (χ0) is 38.1. The van der Waals surface area contributed by atoms with Gasteiger partial charge < -0.3 is 86.6 Å². The van der Waals surface area contributed by atoms with E-state index in [0.717, 1.165) is 0 Å². The molecule has 51 heavy (non-hydrogen) atoms. The third-order valence-corrected chi connectivity index (χ3v) is 8.27. The number of aliphatic carboxylic acids is 1. The number of carbonyl (C=O) groups is 4. The number of aliphatic hydroxyl groups is 8. The molecule has 2 saturated heterocycles. The van der Waals surface area contributed by atoms with E-state index in [4.69, 9.17) is 24.7 Å². The van der Waals surface area contributed by atoms with Crippen molar-refractivity contribution >= 4 is 23.7 Å². The molecule has 2 fully saturated rings. The molecular weight excluding hydrogens is 688 g/mol. The van der Waals surface area contributed by atoms with Crippen LogP contribution >= 0.6 is 0 Å². The van der Waals surface area contributed by atoms with Crippen molar-refractivity contribution in [2.75, 3.05) is 39.5 Å². The lowest BCUT2D eigenvalue weighted by Crippen LogP contribution is -2.59. The van der Waals surface area contributed by atoms with Gasteiger partial charge in [0.2, 0.25) is 17.7 Å². The van der Waals surface area contributed by atoms with Gasteiger partial charge in [-0.05, 0) is 38.5 Å². The quantitative estimate of drug-likeness (QED) is 0.0433. The highest BCUT2D eigenvalue weighted by Crippen LogP contribution is 2.23. The molecule has 14 N–H and O–H groups in total. The smallest absolute Gasteiger partial charge is 0.305 e. The van der Waals surface area contributed by atoms with Crippen molar-refractivity contribution in [1.29, 1.82) is 0 Å². The number of amides is 3. The van der Waals surface area contributed by atoms with Crippen molar-refractivity contribution < 1.29 is 84.1 Å². The molecule has 3 amide bonds. The summed E-state index contributed by atoms with van der Waals surface area (Å²) >= 11 is 0. The normalized spacial score (nSPS) is 30.6. The van der Waals surface area contributed by atoms with Crippen LogP contribution in [-0.2, 0) is 38.1 Å². The lowest BCUT2D eigenvalue weighted by molar-refractivity contribution is -0.301. The summed E-state index contributed by atoms with van der Waals surface area (Å²) in [5.41, 5.74) is 5.82. The van der Waals surface area contributed by atoms with Gasteiger partial charge in [0.15, 0.2) is 12.6 Å². The minimum Gasteiger partial charge on any atom is -0.481 e. The van der Waals surface area contributed by atoms with E-state index in [-0.39, 0.29) is 26.3 Å². The van der Waals surface area contributed by atoms with Gasteiger partial charge in [-0.15, -0.1) is 0 Å². The average Bonchev–Trinajstić information content (AvgIpc) is 3.09. The van der Waals surface area contributed by atoms with Crippen LogP contribution in [0.25, 0.3) is 0 Å². The molecule has 0 aromatic heterocycles. The molecule has 2 aliphatic heterocycles. The second-order valence-corrected chi connectivity index (χ2v) is 12.4. The van der Waals surface area contributed by atoms with Crippen LogP contribution in [0.4, 0.5) is 0 Å². The molecule has 0 aliphatic carbocycles. The first-order valence-corrected chi connectivity index (χ1v) is 16.9. The fourth-order valence-electron chi connectivity index (χ4n) is 5.22. The number of hydrogen-bond acceptors (Lipinski definition) is 17. The molecule has 0 bridgehead atoms. The molecule has 0 spiro atoms. The lowest BCUT2D eigenvalue weighted by atomic mass is 9.99. The van der Waals surface area contributed by atoms with E-state index in [0.29, 0.717) is 38.5 Å². The van der Waals surface area contributed by atoms with Crippen LogP contribution in [0.3, 0.4) is 0 Å². The van der Waals surface area contributed by atoms with Gasteiger partial charge in [-0.1, -0.05) is 0 Å². The van der Waals surface area contributed by atoms with Gasteiger partial charge in [0.05, 0.1) is 32.1 Å². The van der Waals surface area contributed by atoms with Crippen LogP contribution < -0.4 is 21.7 Å². The predicted molar refractivity (Wildman–Crippen MR) is 170 cm³/mol. The minimum atomic E-state index is -1.56. The van der Waals surface area contributed by atoms with Crippen molar-refractivity contribution in [3.8, 4) is 0 Å². The maximum atomic E-state index is 12.6. The minimum absolute atomic E-state index is 0.0889. The summed E-state index contributed by atoms with van der Waals surface area (Å²) in [6.45, 7) is -0.617. The SMILES string of the molecule is N[C@@H](CC(=O)N[C@@H](CC(=O)O)C(=O)NCCCCCO[C@@H]1O[C@H](CO)[C@H](O)[C@H](O)[C@H]1O)C(=O)NCCCCCO[C@@H]1O[C@H](CO)[C@@H](O)[C@H](O)[C@H]1O. The Bertz CT molecular complexity index is 1070. The van der Waals surface area contributed by atoms with E-state index in [1.165, 1.54) is 0 Å². The molecule has 21 nitrogen and oxygen atoms in total. The zero-order valence-electron chi connectivity index (χ0n) is 28.2. The van der Waals surface area contributed by atoms with Crippen molar-refractivity contribution in [1.82, 2.24) is 16.0 Å². The predicted octanol–water partition coefficient (Wildman–Crippen LogP) is -6.13. The van der Waals surface area contributed by atoms with Gasteiger partial charge in [-0.25, -0.2) is 0 Å². The average molecular weight is 743 g/mol. The molecule has 0 radical (unpaired) electrons. The summed E-state index contributed by atoms with van der Waals surface area (Å²) in [5, 5.41) is 94.2. The topological polar surface area (TPSA) is 349 Å². The Morgan fingerprint density at radius 2 is 1.08 bits per heavy atom. The zero-order valence-corrected chi connectivity index (χ0v) is 28.2. The summed E-state index contributed by atoms with van der Waals surface area (Å²) in [4.78, 5) is 48.8. The monoisotopic (exact) mass is 742 g/mol. The van der Waals surface area contributed by atoms with Crippen molar-refractivity contribution in [3.05, 3.63) is 0 Å². The molecule has 2 heterocycles. The Hall–Kier alpha value is -2.64. The number of carboxylic acid groups (broad SMARTS) is 1. The lowest BCUT2D eigenvalue weighted by Gasteiger charge is -2.39. The van der Waals surface area contributed by atoms with Crippen LogP contribution in [-0.4, -0.2) is 183 Å². The third kappa shape index (κ3) is 14.7. The maximum absolute atomic E-state index is 12.6. The largest absolute Gasteiger partial charge is 0.481 e. The molecule has 0 saturated carbocycles. The van der Waals surface area contributed by atoms with Crippen LogP contribution in [0.5, 0.6) is 0 Å². The maximum Gasteiger partial charge on any atom is 0.305 e. The van der Waals surface area contributed by atoms with Gasteiger partial charge in [-0.3, -0.25) is 19.2 Å². The molecule has 2 aliphatic rings. The number of carbonyl (C=O) groups excluding carboxylic acids is 3. The number of unbranched alkanes of at least 4 members (excludes halogenated alkanes) is 4. The van der Waals surface area contributed by atoms with Gasteiger partial charge >= 0.3 is 5.97 Å². The second kappa shape index (κ2) is 23.1. The fourth-order valence-corrected chi connectivity index (χ4v) is 5.22. The molecule has 0 unspecified atom stereocenters. The van der Waals surface area contributed by atoms with Crippen LogP contribution in [0.2, 0.25) is 0 Å². The first-order valence-electron chi connectivity index (χ1n) is 16.9. The van der Waals surface area contributed by atoms with Gasteiger partial charge in [-0.2, -0.15) is 0 Å². The number of nitrogens with two attached hydrogens (primary N) is 1. The highest BCUT2D eigenvalue weighted by molar-refractivity contribution is 5.93. The Kier molecular flexibility index (Phi) is 20.2. The van der Waals surface area contributed by atoms with Crippen molar-refractivity contribution in [3.63, 3.8) is 0 Å². The van der Waals surface area contributed by atoms with Crippen LogP contribution in [0, 0.1) is 0 Å². The molecule has 296 valence electrons. The second-order valence-electron chi connectivity index (χ2n) is 12.4. The van der Waals surface area contributed by atoms with E-state index in [1.54, 1.807) is 0 Å². The van der Waals surface area contributed by atoms with Gasteiger partial charge in [0.25, 0.3) is 0 Å².